The molecule has 0 bridgehead atoms. The van der Waals surface area contributed by atoms with Crippen molar-refractivity contribution in [2.24, 2.45) is 0 Å². The number of carboxylic acid groups (broad SMARTS) is 1. The van der Waals surface area contributed by atoms with Crippen molar-refractivity contribution in [1.29, 1.82) is 0 Å². The molecule has 1 aliphatic heterocycles. The summed E-state index contributed by atoms with van der Waals surface area (Å²) in [5, 5.41) is 9.86. The van der Waals surface area contributed by atoms with Gasteiger partial charge in [-0.15, -0.1) is 0 Å². The van der Waals surface area contributed by atoms with Gasteiger partial charge >= 0.3 is 5.97 Å². The third kappa shape index (κ3) is 7.05. The fourth-order valence-corrected chi connectivity index (χ4v) is 7.94. The Labute approximate surface area is 285 Å². The van der Waals surface area contributed by atoms with Crippen LogP contribution in [0.15, 0.2) is 71.9 Å². The van der Waals surface area contributed by atoms with Crippen LogP contribution >= 0.6 is 0 Å². The molecule has 2 fully saturated rings. The number of amides is 1. The molecule has 1 saturated heterocycles. The average Bonchev–Trinajstić information content (AvgIpc) is 3.08. The standard InChI is InChI=1S/C35H32F4N4O6S/c36-26-16-27(37)33(32(39)31(26)38)50(47,48)43-14-13-29(43)34(44)42(19-23-17-41-28(18-40-23)22-9-5-2-6-10-22)24-11-12-25(35(45)46)30(15-24)49-20-21-7-3-1-4-8-21/h1,3-4,7-8,11-12,15-18,22,29H,2,5-6,9-10,13-14,19-20H2,(H,45,46). The van der Waals surface area contributed by atoms with Crippen molar-refractivity contribution in [2.45, 2.75) is 68.5 Å². The largest absolute Gasteiger partial charge is 0.488 e. The van der Waals surface area contributed by atoms with Gasteiger partial charge in [0.25, 0.3) is 0 Å². The van der Waals surface area contributed by atoms with E-state index in [4.69, 9.17) is 4.74 Å². The molecule has 10 nitrogen and oxygen atoms in total. The van der Waals surface area contributed by atoms with E-state index < -0.39 is 56.1 Å². The van der Waals surface area contributed by atoms with Crippen LogP contribution in [0.2, 0.25) is 0 Å². The molecule has 6 rings (SSSR count). The quantitative estimate of drug-likeness (QED) is 0.108. The number of nitrogens with zero attached hydrogens (tertiary/aromatic N) is 4. The lowest BCUT2D eigenvalue weighted by atomic mass is 9.87. The Morgan fingerprint density at radius 3 is 2.28 bits per heavy atom. The topological polar surface area (TPSA) is 130 Å². The van der Waals surface area contributed by atoms with Gasteiger partial charge in [0.15, 0.2) is 22.3 Å². The third-order valence-corrected chi connectivity index (χ3v) is 10.9. The number of benzene rings is 3. The van der Waals surface area contributed by atoms with Gasteiger partial charge in [-0.2, -0.15) is 4.31 Å². The molecule has 1 aliphatic carbocycles. The first-order chi connectivity index (χ1) is 24.0. The van der Waals surface area contributed by atoms with Crippen LogP contribution in [-0.4, -0.2) is 52.3 Å². The van der Waals surface area contributed by atoms with E-state index in [0.29, 0.717) is 10.00 Å². The van der Waals surface area contributed by atoms with Gasteiger partial charge in [-0.1, -0.05) is 49.6 Å². The highest BCUT2D eigenvalue weighted by molar-refractivity contribution is 7.89. The number of anilines is 1. The van der Waals surface area contributed by atoms with E-state index in [1.165, 1.54) is 24.4 Å². The zero-order valence-electron chi connectivity index (χ0n) is 26.6. The molecule has 1 atom stereocenters. The molecule has 262 valence electrons. The van der Waals surface area contributed by atoms with Gasteiger partial charge < -0.3 is 14.7 Å². The molecule has 1 saturated carbocycles. The molecule has 0 spiro atoms. The van der Waals surface area contributed by atoms with Crippen molar-refractivity contribution in [2.75, 3.05) is 11.4 Å². The summed E-state index contributed by atoms with van der Waals surface area (Å²) >= 11 is 0. The second-order valence-corrected chi connectivity index (χ2v) is 14.0. The van der Waals surface area contributed by atoms with Crippen LogP contribution in [0.25, 0.3) is 0 Å². The average molecular weight is 713 g/mol. The second-order valence-electron chi connectivity index (χ2n) is 12.2. The fourth-order valence-electron chi connectivity index (χ4n) is 6.21. The SMILES string of the molecule is O=C(O)c1ccc(N(Cc2cnc(C3CCCCC3)cn2)C(=O)C2CCN2S(=O)(=O)c2c(F)cc(F)c(F)c2F)cc1OCc1ccccc1. The first-order valence-corrected chi connectivity index (χ1v) is 17.4. The van der Waals surface area contributed by atoms with Gasteiger partial charge in [-0.05, 0) is 37.0 Å². The molecule has 1 N–H and O–H groups in total. The predicted octanol–water partition coefficient (Wildman–Crippen LogP) is 6.35. The number of hydrogen-bond acceptors (Lipinski definition) is 7. The summed E-state index contributed by atoms with van der Waals surface area (Å²) in [4.78, 5) is 34.8. The fraction of sp³-hybridized carbons (Fsp3) is 0.314. The van der Waals surface area contributed by atoms with E-state index in [9.17, 15) is 40.7 Å². The highest BCUT2D eigenvalue weighted by Crippen LogP contribution is 2.36. The minimum atomic E-state index is -5.17. The number of sulfonamides is 1. The highest BCUT2D eigenvalue weighted by Gasteiger charge is 2.47. The summed E-state index contributed by atoms with van der Waals surface area (Å²) < 4.78 is 90.1. The van der Waals surface area contributed by atoms with E-state index in [2.05, 4.69) is 9.97 Å². The minimum absolute atomic E-state index is 0.00731. The Balaban J connectivity index is 1.35. The van der Waals surface area contributed by atoms with Crippen LogP contribution in [-0.2, 0) is 28.0 Å². The van der Waals surface area contributed by atoms with Crippen molar-refractivity contribution in [3.63, 3.8) is 0 Å². The molecular weight excluding hydrogens is 680 g/mol. The maximum Gasteiger partial charge on any atom is 0.339 e. The molecule has 0 radical (unpaired) electrons. The zero-order valence-corrected chi connectivity index (χ0v) is 27.4. The van der Waals surface area contributed by atoms with Crippen molar-refractivity contribution in [1.82, 2.24) is 14.3 Å². The Morgan fingerprint density at radius 1 is 0.900 bits per heavy atom. The molecule has 3 aromatic carbocycles. The zero-order chi connectivity index (χ0) is 35.6. The van der Waals surface area contributed by atoms with Crippen LogP contribution < -0.4 is 9.64 Å². The van der Waals surface area contributed by atoms with Crippen LogP contribution in [0, 0.1) is 23.3 Å². The van der Waals surface area contributed by atoms with E-state index in [-0.39, 0.29) is 55.1 Å². The molecular formula is C35H32F4N4O6S. The van der Waals surface area contributed by atoms with Crippen molar-refractivity contribution < 1.29 is 45.4 Å². The molecule has 2 heterocycles. The Kier molecular flexibility index (Phi) is 10.2. The van der Waals surface area contributed by atoms with Crippen molar-refractivity contribution >= 4 is 27.6 Å². The number of rotatable bonds is 11. The molecule has 15 heteroatoms. The van der Waals surface area contributed by atoms with Gasteiger partial charge in [0.05, 0.1) is 24.1 Å². The van der Waals surface area contributed by atoms with Crippen molar-refractivity contribution in [3.05, 3.63) is 113 Å². The summed E-state index contributed by atoms with van der Waals surface area (Å²) in [7, 11) is -5.17. The maximum atomic E-state index is 14.7. The monoisotopic (exact) mass is 712 g/mol. The summed E-state index contributed by atoms with van der Waals surface area (Å²) in [5.74, 6) is -10.2. The van der Waals surface area contributed by atoms with Gasteiger partial charge in [0, 0.05) is 36.5 Å². The normalized spacial score (nSPS) is 16.8. The number of halogens is 4. The van der Waals surface area contributed by atoms with Crippen LogP contribution in [0.5, 0.6) is 5.75 Å². The van der Waals surface area contributed by atoms with Crippen molar-refractivity contribution in [3.8, 4) is 5.75 Å². The molecule has 4 aromatic rings. The van der Waals surface area contributed by atoms with Crippen LogP contribution in [0.4, 0.5) is 23.2 Å². The Bertz CT molecular complexity index is 2010. The van der Waals surface area contributed by atoms with Gasteiger partial charge in [-0.3, -0.25) is 14.8 Å². The smallest absolute Gasteiger partial charge is 0.339 e. The number of ether oxygens (including phenoxy) is 1. The molecule has 50 heavy (non-hydrogen) atoms. The van der Waals surface area contributed by atoms with Gasteiger partial charge in [-0.25, -0.2) is 30.8 Å². The minimum Gasteiger partial charge on any atom is -0.488 e. The Morgan fingerprint density at radius 2 is 1.64 bits per heavy atom. The van der Waals surface area contributed by atoms with E-state index in [0.717, 1.165) is 48.3 Å². The van der Waals surface area contributed by atoms with E-state index in [1.807, 2.05) is 0 Å². The summed E-state index contributed by atoms with van der Waals surface area (Å²) in [6, 6.07) is 11.2. The van der Waals surface area contributed by atoms with Crippen LogP contribution in [0.1, 0.15) is 71.8 Å². The summed E-state index contributed by atoms with van der Waals surface area (Å²) in [6.45, 7) is -0.601. The summed E-state index contributed by atoms with van der Waals surface area (Å²) in [6.07, 6.45) is 8.33. The van der Waals surface area contributed by atoms with E-state index >= 15 is 0 Å². The van der Waals surface area contributed by atoms with Gasteiger partial charge in [0.1, 0.15) is 29.8 Å². The lowest BCUT2D eigenvalue weighted by Crippen LogP contribution is -2.59. The number of aromatic nitrogens is 2. The van der Waals surface area contributed by atoms with Crippen LogP contribution in [0.3, 0.4) is 0 Å². The molecule has 2 aliphatic rings. The molecule has 1 aromatic heterocycles. The number of carbonyl (C=O) groups excluding carboxylic acids is 1. The number of hydrogen-bond donors (Lipinski definition) is 1. The number of carbonyl (C=O) groups is 2. The third-order valence-electron chi connectivity index (χ3n) is 8.97. The Hall–Kier alpha value is -4.89. The number of aromatic carboxylic acids is 1. The lowest BCUT2D eigenvalue weighted by molar-refractivity contribution is -0.125. The maximum absolute atomic E-state index is 14.7. The summed E-state index contributed by atoms with van der Waals surface area (Å²) in [5.41, 5.74) is 1.77. The lowest BCUT2D eigenvalue weighted by Gasteiger charge is -2.41. The second kappa shape index (κ2) is 14.5. The molecule has 1 amide bonds. The first kappa shape index (κ1) is 35.0. The van der Waals surface area contributed by atoms with E-state index in [1.54, 1.807) is 36.5 Å². The first-order valence-electron chi connectivity index (χ1n) is 16.0. The van der Waals surface area contributed by atoms with Gasteiger partial charge in [0.2, 0.25) is 15.9 Å². The highest BCUT2D eigenvalue weighted by atomic mass is 32.2. The molecule has 1 unspecified atom stereocenters. The number of carboxylic acids is 1. The predicted molar refractivity (Wildman–Crippen MR) is 172 cm³/mol.